The van der Waals surface area contributed by atoms with Crippen molar-refractivity contribution in [2.24, 2.45) is 5.92 Å². The van der Waals surface area contributed by atoms with Crippen LogP contribution in [0.2, 0.25) is 10.0 Å². The van der Waals surface area contributed by atoms with Crippen molar-refractivity contribution < 1.29 is 19.4 Å². The molecule has 0 amide bonds. The average molecular weight is 400 g/mol. The van der Waals surface area contributed by atoms with E-state index in [9.17, 15) is 14.3 Å². The number of carbonyl (C=O) groups is 1. The summed E-state index contributed by atoms with van der Waals surface area (Å²) in [6.07, 6.45) is 0.441. The number of hydrogen-bond donors (Lipinski definition) is 3. The molecule has 0 aliphatic heterocycles. The Morgan fingerprint density at radius 2 is 1.88 bits per heavy atom. The predicted octanol–water partition coefficient (Wildman–Crippen LogP) is 3.87. The van der Waals surface area contributed by atoms with Crippen LogP contribution >= 0.6 is 23.2 Å². The van der Waals surface area contributed by atoms with Gasteiger partial charge in [0, 0.05) is 19.1 Å². The molecule has 0 aromatic heterocycles. The second-order valence-corrected chi connectivity index (χ2v) is 6.96. The summed E-state index contributed by atoms with van der Waals surface area (Å²) in [6, 6.07) is 11.3. The van der Waals surface area contributed by atoms with Crippen LogP contribution in [0.25, 0.3) is 0 Å². The fraction of sp³-hybridized carbons (Fsp3) is 0.316. The molecule has 3 N–H and O–H groups in total. The number of hydrogen-bond acceptors (Lipinski definition) is 3. The molecule has 0 radical (unpaired) electrons. The van der Waals surface area contributed by atoms with E-state index < -0.39 is 11.4 Å². The number of halogens is 3. The fourth-order valence-corrected chi connectivity index (χ4v) is 3.17. The van der Waals surface area contributed by atoms with Crippen molar-refractivity contribution in [3.8, 4) is 0 Å². The molecule has 26 heavy (non-hydrogen) atoms. The third kappa shape index (κ3) is 4.54. The monoisotopic (exact) mass is 399 g/mol. The minimum atomic E-state index is -0.983. The van der Waals surface area contributed by atoms with Gasteiger partial charge in [-0.3, -0.25) is 4.79 Å². The smallest absolute Gasteiger partial charge is 0.314 e. The maximum absolute atomic E-state index is 12.3. The van der Waals surface area contributed by atoms with E-state index in [0.29, 0.717) is 22.0 Å². The summed E-state index contributed by atoms with van der Waals surface area (Å²) in [5, 5.41) is 22.0. The minimum Gasteiger partial charge on any atom is -0.481 e. The van der Waals surface area contributed by atoms with Gasteiger partial charge in [0.1, 0.15) is 5.82 Å². The molecule has 7 heteroatoms. The first-order valence-corrected chi connectivity index (χ1v) is 8.79. The van der Waals surface area contributed by atoms with Crippen molar-refractivity contribution in [3.63, 3.8) is 0 Å². The molecule has 2 aromatic carbocycles. The first kappa shape index (κ1) is 20.6. The molecule has 4 nitrogen and oxygen atoms in total. The lowest BCUT2D eigenvalue weighted by atomic mass is 9.93. The van der Waals surface area contributed by atoms with Crippen LogP contribution in [0, 0.1) is 11.7 Å². The molecule has 0 heterocycles. The van der Waals surface area contributed by atoms with Crippen LogP contribution in [0.4, 0.5) is 4.39 Å². The van der Waals surface area contributed by atoms with Crippen LogP contribution in [0.15, 0.2) is 42.5 Å². The number of rotatable bonds is 5. The number of aliphatic carboxylic acids is 1. The lowest BCUT2D eigenvalue weighted by molar-refractivity contribution is -0.140. The van der Waals surface area contributed by atoms with E-state index in [4.69, 9.17) is 28.3 Å². The molecule has 0 saturated heterocycles. The quantitative estimate of drug-likeness (QED) is 0.713. The lowest BCUT2D eigenvalue weighted by Gasteiger charge is -2.13. The number of benzene rings is 2. The van der Waals surface area contributed by atoms with E-state index in [-0.39, 0.29) is 18.3 Å². The molecule has 1 aliphatic rings. The van der Waals surface area contributed by atoms with Crippen molar-refractivity contribution >= 4 is 29.2 Å². The van der Waals surface area contributed by atoms with Gasteiger partial charge in [0.15, 0.2) is 0 Å². The van der Waals surface area contributed by atoms with Crippen LogP contribution in [0.3, 0.4) is 0 Å². The van der Waals surface area contributed by atoms with Crippen LogP contribution in [-0.4, -0.2) is 29.8 Å². The number of nitrogens with one attached hydrogen (secondary N) is 1. The van der Waals surface area contributed by atoms with Gasteiger partial charge in [-0.05, 0) is 48.9 Å². The van der Waals surface area contributed by atoms with E-state index in [2.05, 4.69) is 5.32 Å². The Morgan fingerprint density at radius 3 is 2.35 bits per heavy atom. The third-order valence-electron chi connectivity index (χ3n) is 4.44. The number of aliphatic hydroxyl groups is 1. The van der Waals surface area contributed by atoms with Gasteiger partial charge in [0.05, 0.1) is 15.5 Å². The van der Waals surface area contributed by atoms with E-state index in [1.807, 2.05) is 7.05 Å². The van der Waals surface area contributed by atoms with Gasteiger partial charge in [-0.2, -0.15) is 0 Å². The fourth-order valence-electron chi connectivity index (χ4n) is 2.87. The van der Waals surface area contributed by atoms with Crippen LogP contribution in [-0.2, 0) is 16.8 Å². The largest absolute Gasteiger partial charge is 0.481 e. The van der Waals surface area contributed by atoms with Crippen LogP contribution in [0.1, 0.15) is 17.5 Å². The summed E-state index contributed by atoms with van der Waals surface area (Å²) in [5.41, 5.74) is 0.723. The summed E-state index contributed by atoms with van der Waals surface area (Å²) >= 11 is 11.6. The van der Waals surface area contributed by atoms with Crippen molar-refractivity contribution in [3.05, 3.63) is 69.5 Å². The molecule has 1 saturated carbocycles. The summed E-state index contributed by atoms with van der Waals surface area (Å²) in [6.45, 7) is 0.660. The Labute approximate surface area is 161 Å². The first-order chi connectivity index (χ1) is 12.3. The van der Waals surface area contributed by atoms with Crippen LogP contribution < -0.4 is 5.32 Å². The molecular weight excluding hydrogens is 380 g/mol. The molecule has 0 spiro atoms. The molecular formula is C19H20Cl2FNO3. The van der Waals surface area contributed by atoms with E-state index in [1.54, 1.807) is 30.3 Å². The number of carboxylic acids is 1. The lowest BCUT2D eigenvalue weighted by Crippen LogP contribution is -2.23. The van der Waals surface area contributed by atoms with Gasteiger partial charge in [0.2, 0.25) is 0 Å². The SMILES string of the molecule is CNCc1ccc(F)cc1.O=C(O)[C@@]1(c2ccc(Cl)c(Cl)c2)C[C@H]1CO. The second kappa shape index (κ2) is 8.82. The van der Waals surface area contributed by atoms with Gasteiger partial charge in [-0.1, -0.05) is 41.4 Å². The van der Waals surface area contributed by atoms with Gasteiger partial charge in [0.25, 0.3) is 0 Å². The number of carboxylic acid groups (broad SMARTS) is 1. The Bertz CT molecular complexity index is 770. The molecule has 140 valence electrons. The normalized spacial score (nSPS) is 20.9. The van der Waals surface area contributed by atoms with Crippen molar-refractivity contribution in [1.29, 1.82) is 0 Å². The standard InChI is InChI=1S/C11H10Cl2O3.C8H10FN/c12-8-2-1-6(3-9(8)13)11(10(15)16)4-7(11)5-14;1-10-6-7-2-4-8(9)5-3-7/h1-3,7,14H,4-5H2,(H,15,16);2-5,10H,6H2,1H3/t7-,11+;/m0./s1. The molecule has 2 aromatic rings. The Balaban J connectivity index is 0.000000209. The summed E-state index contributed by atoms with van der Waals surface area (Å²) in [7, 11) is 1.86. The highest BCUT2D eigenvalue weighted by molar-refractivity contribution is 6.42. The van der Waals surface area contributed by atoms with Gasteiger partial charge in [-0.25, -0.2) is 4.39 Å². The van der Waals surface area contributed by atoms with Crippen molar-refractivity contribution in [2.75, 3.05) is 13.7 Å². The van der Waals surface area contributed by atoms with E-state index in [1.165, 1.54) is 12.1 Å². The maximum atomic E-state index is 12.3. The highest BCUT2D eigenvalue weighted by Gasteiger charge is 2.61. The Hall–Kier alpha value is -1.66. The summed E-state index contributed by atoms with van der Waals surface area (Å²) < 4.78 is 12.3. The van der Waals surface area contributed by atoms with Crippen molar-refractivity contribution in [2.45, 2.75) is 18.4 Å². The van der Waals surface area contributed by atoms with Gasteiger partial charge >= 0.3 is 5.97 Å². The van der Waals surface area contributed by atoms with Crippen molar-refractivity contribution in [1.82, 2.24) is 5.32 Å². The van der Waals surface area contributed by atoms with Gasteiger partial charge < -0.3 is 15.5 Å². The molecule has 3 rings (SSSR count). The van der Waals surface area contributed by atoms with E-state index >= 15 is 0 Å². The molecule has 0 unspecified atom stereocenters. The third-order valence-corrected chi connectivity index (χ3v) is 5.18. The molecule has 2 atom stereocenters. The summed E-state index contributed by atoms with van der Waals surface area (Å²) in [4.78, 5) is 11.3. The predicted molar refractivity (Wildman–Crippen MR) is 100 cm³/mol. The summed E-state index contributed by atoms with van der Waals surface area (Å²) in [5.74, 6) is -1.34. The zero-order chi connectivity index (χ0) is 19.3. The highest BCUT2D eigenvalue weighted by Crippen LogP contribution is 2.54. The Kier molecular flexibility index (Phi) is 7.01. The second-order valence-electron chi connectivity index (χ2n) is 6.15. The molecule has 1 aliphatic carbocycles. The maximum Gasteiger partial charge on any atom is 0.314 e. The molecule has 0 bridgehead atoms. The zero-order valence-corrected chi connectivity index (χ0v) is 15.7. The first-order valence-electron chi connectivity index (χ1n) is 8.04. The van der Waals surface area contributed by atoms with E-state index in [0.717, 1.165) is 12.1 Å². The zero-order valence-electron chi connectivity index (χ0n) is 14.2. The average Bonchev–Trinajstić information content (AvgIpc) is 3.36. The number of aliphatic hydroxyl groups excluding tert-OH is 1. The minimum absolute atomic E-state index is 0.132. The van der Waals surface area contributed by atoms with Gasteiger partial charge in [-0.15, -0.1) is 0 Å². The van der Waals surface area contributed by atoms with Crippen LogP contribution in [0.5, 0.6) is 0 Å². The topological polar surface area (TPSA) is 69.6 Å². The molecule has 1 fully saturated rings. The Morgan fingerprint density at radius 1 is 1.23 bits per heavy atom. The highest BCUT2D eigenvalue weighted by atomic mass is 35.5.